The number of halogens is 1. The van der Waals surface area contributed by atoms with Crippen LogP contribution in [0.5, 0.6) is 5.75 Å². The summed E-state index contributed by atoms with van der Waals surface area (Å²) in [7, 11) is 0. The number of rotatable bonds is 9. The van der Waals surface area contributed by atoms with Crippen LogP contribution in [0.2, 0.25) is 0 Å². The van der Waals surface area contributed by atoms with Crippen LogP contribution in [-0.4, -0.2) is 47.9 Å². The van der Waals surface area contributed by atoms with Gasteiger partial charge in [0.1, 0.15) is 18.2 Å². The zero-order chi connectivity index (χ0) is 22.4. The van der Waals surface area contributed by atoms with Crippen molar-refractivity contribution in [3.05, 3.63) is 52.0 Å². The number of fused-ring (bicyclic) bond motifs is 1. The van der Waals surface area contributed by atoms with Gasteiger partial charge in [-0.3, -0.25) is 9.59 Å². The van der Waals surface area contributed by atoms with Crippen molar-refractivity contribution < 1.29 is 18.7 Å². The van der Waals surface area contributed by atoms with Crippen LogP contribution in [0.25, 0.3) is 0 Å². The molecule has 0 unspecified atom stereocenters. The number of ether oxygens (including phenoxy) is 1. The molecule has 0 N–H and O–H groups in total. The molecule has 0 spiro atoms. The Hall–Kier alpha value is -2.41. The lowest BCUT2D eigenvalue weighted by atomic mass is 10.00. The van der Waals surface area contributed by atoms with Crippen molar-refractivity contribution in [2.75, 3.05) is 26.2 Å². The van der Waals surface area contributed by atoms with E-state index in [1.54, 1.807) is 28.4 Å². The zero-order valence-electron chi connectivity index (χ0n) is 18.5. The number of thiophene rings is 1. The summed E-state index contributed by atoms with van der Waals surface area (Å²) in [5, 5.41) is 2.03. The molecule has 0 radical (unpaired) electrons. The second kappa shape index (κ2) is 10.8. The molecule has 168 valence electrons. The van der Waals surface area contributed by atoms with Crippen molar-refractivity contribution in [2.45, 2.75) is 46.1 Å². The summed E-state index contributed by atoms with van der Waals surface area (Å²) in [4.78, 5) is 30.7. The Labute approximate surface area is 187 Å². The molecule has 2 aromatic rings. The summed E-state index contributed by atoms with van der Waals surface area (Å²) < 4.78 is 19.4. The molecule has 31 heavy (non-hydrogen) atoms. The molecule has 0 aliphatic carbocycles. The molecule has 0 fully saturated rings. The van der Waals surface area contributed by atoms with Gasteiger partial charge in [0, 0.05) is 30.5 Å². The van der Waals surface area contributed by atoms with Gasteiger partial charge in [0.2, 0.25) is 11.8 Å². The molecular weight excluding hydrogens is 415 g/mol. The fourth-order valence-electron chi connectivity index (χ4n) is 3.90. The fourth-order valence-corrected chi connectivity index (χ4v) is 4.83. The number of benzene rings is 1. The molecule has 1 aliphatic rings. The van der Waals surface area contributed by atoms with Crippen molar-refractivity contribution >= 4 is 23.2 Å². The van der Waals surface area contributed by atoms with Gasteiger partial charge in [0.15, 0.2) is 0 Å². The number of carbonyl (C=O) groups is 2. The van der Waals surface area contributed by atoms with Crippen molar-refractivity contribution in [3.63, 3.8) is 0 Å². The summed E-state index contributed by atoms with van der Waals surface area (Å²) in [6.45, 7) is 7.50. The van der Waals surface area contributed by atoms with Crippen LogP contribution < -0.4 is 4.74 Å². The van der Waals surface area contributed by atoms with Crippen molar-refractivity contribution in [1.82, 2.24) is 9.80 Å². The number of nitrogens with zero attached hydrogens (tertiary/aromatic N) is 2. The molecule has 7 heteroatoms. The molecule has 1 aliphatic heterocycles. The lowest BCUT2D eigenvalue weighted by Crippen LogP contribution is -2.48. The maximum Gasteiger partial charge on any atom is 0.242 e. The maximum atomic E-state index is 13.5. The fraction of sp³-hybridized carbons (Fsp3) is 0.500. The highest BCUT2D eigenvalue weighted by atomic mass is 32.1. The summed E-state index contributed by atoms with van der Waals surface area (Å²) in [5.74, 6) is 0.276. The van der Waals surface area contributed by atoms with E-state index in [1.807, 2.05) is 37.1 Å². The number of hydrogen-bond donors (Lipinski definition) is 0. The first-order valence-corrected chi connectivity index (χ1v) is 11.8. The van der Waals surface area contributed by atoms with Crippen LogP contribution in [0.3, 0.4) is 0 Å². The normalized spacial score (nSPS) is 15.6. The first kappa shape index (κ1) is 23.3. The largest absolute Gasteiger partial charge is 0.491 e. The summed E-state index contributed by atoms with van der Waals surface area (Å²) in [6.07, 6.45) is 2.04. The average molecular weight is 447 g/mol. The first-order valence-electron chi connectivity index (χ1n) is 10.9. The van der Waals surface area contributed by atoms with E-state index >= 15 is 0 Å². The van der Waals surface area contributed by atoms with E-state index in [2.05, 4.69) is 0 Å². The van der Waals surface area contributed by atoms with E-state index < -0.39 is 0 Å². The molecule has 5 nitrogen and oxygen atoms in total. The van der Waals surface area contributed by atoms with Crippen LogP contribution in [0, 0.1) is 11.7 Å². The highest BCUT2D eigenvalue weighted by Gasteiger charge is 2.33. The van der Waals surface area contributed by atoms with Crippen molar-refractivity contribution in [3.8, 4) is 5.75 Å². The number of amides is 2. The Balaban J connectivity index is 1.75. The standard InChI is InChI=1S/C24H31FN2O3S/c1-4-10-26(23(28)13-17(2)3)15-24(29)27-11-8-22-20(9-12-31-22)21(27)16-30-19-7-5-6-18(25)14-19/h5-7,9,12,14,17,21H,4,8,10-11,13,15-16H2,1-3H3/t21-/m0/s1. The molecule has 1 aromatic heterocycles. The third kappa shape index (κ3) is 6.06. The Morgan fingerprint density at radius 1 is 1.32 bits per heavy atom. The Kier molecular flexibility index (Phi) is 8.07. The lowest BCUT2D eigenvalue weighted by molar-refractivity contribution is -0.143. The van der Waals surface area contributed by atoms with Gasteiger partial charge in [-0.05, 0) is 47.9 Å². The minimum Gasteiger partial charge on any atom is -0.491 e. The highest BCUT2D eigenvalue weighted by Crippen LogP contribution is 2.34. The Bertz CT molecular complexity index is 898. The van der Waals surface area contributed by atoms with E-state index in [-0.39, 0.29) is 42.7 Å². The van der Waals surface area contributed by atoms with Gasteiger partial charge < -0.3 is 14.5 Å². The van der Waals surface area contributed by atoms with Crippen LogP contribution in [0.1, 0.15) is 50.1 Å². The predicted octanol–water partition coefficient (Wildman–Crippen LogP) is 4.68. The van der Waals surface area contributed by atoms with Crippen molar-refractivity contribution in [1.29, 1.82) is 0 Å². The van der Waals surface area contributed by atoms with Gasteiger partial charge in [-0.25, -0.2) is 4.39 Å². The third-order valence-electron chi connectivity index (χ3n) is 5.37. The van der Waals surface area contributed by atoms with Crippen LogP contribution in [-0.2, 0) is 16.0 Å². The lowest BCUT2D eigenvalue weighted by Gasteiger charge is -2.37. The van der Waals surface area contributed by atoms with Crippen LogP contribution in [0.15, 0.2) is 35.7 Å². The van der Waals surface area contributed by atoms with Gasteiger partial charge in [-0.2, -0.15) is 0 Å². The van der Waals surface area contributed by atoms with Gasteiger partial charge >= 0.3 is 0 Å². The molecule has 0 saturated heterocycles. The minimum atomic E-state index is -0.357. The molecule has 1 aromatic carbocycles. The minimum absolute atomic E-state index is 0.0194. The summed E-state index contributed by atoms with van der Waals surface area (Å²) >= 11 is 1.68. The average Bonchev–Trinajstić information content (AvgIpc) is 3.20. The first-order chi connectivity index (χ1) is 14.9. The SMILES string of the molecule is CCCN(CC(=O)N1CCc2sccc2[C@@H]1COc1cccc(F)c1)C(=O)CC(C)C. The second-order valence-electron chi connectivity index (χ2n) is 8.33. The van der Waals surface area contributed by atoms with E-state index in [4.69, 9.17) is 4.74 Å². The van der Waals surface area contributed by atoms with Gasteiger partial charge in [-0.1, -0.05) is 26.8 Å². The van der Waals surface area contributed by atoms with Gasteiger partial charge in [0.05, 0.1) is 12.6 Å². The summed E-state index contributed by atoms with van der Waals surface area (Å²) in [5.41, 5.74) is 1.08. The zero-order valence-corrected chi connectivity index (χ0v) is 19.3. The molecule has 1 atom stereocenters. The number of hydrogen-bond acceptors (Lipinski definition) is 4. The molecule has 2 amide bonds. The Morgan fingerprint density at radius 3 is 2.84 bits per heavy atom. The molecule has 2 heterocycles. The quantitative estimate of drug-likeness (QED) is 0.562. The topological polar surface area (TPSA) is 49.9 Å². The maximum absolute atomic E-state index is 13.5. The van der Waals surface area contributed by atoms with Gasteiger partial charge in [-0.15, -0.1) is 11.3 Å². The van der Waals surface area contributed by atoms with Gasteiger partial charge in [0.25, 0.3) is 0 Å². The molecular formula is C24H31FN2O3S. The Morgan fingerprint density at radius 2 is 2.13 bits per heavy atom. The highest BCUT2D eigenvalue weighted by molar-refractivity contribution is 7.10. The van der Waals surface area contributed by atoms with E-state index in [0.29, 0.717) is 25.3 Å². The monoisotopic (exact) mass is 446 g/mol. The summed E-state index contributed by atoms with van der Waals surface area (Å²) in [6, 6.07) is 7.81. The van der Waals surface area contributed by atoms with E-state index in [0.717, 1.165) is 18.4 Å². The molecule has 0 bridgehead atoms. The van der Waals surface area contributed by atoms with Crippen LogP contribution in [0.4, 0.5) is 4.39 Å². The molecule has 3 rings (SSSR count). The van der Waals surface area contributed by atoms with E-state index in [1.165, 1.54) is 17.0 Å². The predicted molar refractivity (Wildman–Crippen MR) is 121 cm³/mol. The number of carbonyl (C=O) groups excluding carboxylic acids is 2. The third-order valence-corrected chi connectivity index (χ3v) is 6.37. The van der Waals surface area contributed by atoms with E-state index in [9.17, 15) is 14.0 Å². The molecule has 0 saturated carbocycles. The smallest absolute Gasteiger partial charge is 0.242 e. The van der Waals surface area contributed by atoms with Crippen LogP contribution >= 0.6 is 11.3 Å². The van der Waals surface area contributed by atoms with Crippen molar-refractivity contribution in [2.24, 2.45) is 5.92 Å². The second-order valence-corrected chi connectivity index (χ2v) is 9.33.